The van der Waals surface area contributed by atoms with E-state index in [1.807, 2.05) is 29.7 Å². The highest BCUT2D eigenvalue weighted by Gasteiger charge is 2.33. The maximum Gasteiger partial charge on any atom is 0.416 e. The zero-order valence-corrected chi connectivity index (χ0v) is 19.2. The molecular formula is C24H20BrF3N2O2. The largest absolute Gasteiger partial charge is 0.493 e. The summed E-state index contributed by atoms with van der Waals surface area (Å²) in [6.45, 7) is 1.92. The van der Waals surface area contributed by atoms with Crippen molar-refractivity contribution in [2.45, 2.75) is 19.5 Å². The van der Waals surface area contributed by atoms with Gasteiger partial charge in [0.1, 0.15) is 5.65 Å². The van der Waals surface area contributed by atoms with Gasteiger partial charge in [-0.15, -0.1) is 0 Å². The lowest BCUT2D eigenvalue weighted by molar-refractivity contribution is -0.138. The highest BCUT2D eigenvalue weighted by Crippen LogP contribution is 2.37. The second kappa shape index (κ2) is 8.50. The normalized spacial score (nSPS) is 11.7. The van der Waals surface area contributed by atoms with E-state index in [0.717, 1.165) is 21.7 Å². The van der Waals surface area contributed by atoms with Gasteiger partial charge in [0.25, 0.3) is 0 Å². The first-order chi connectivity index (χ1) is 15.2. The number of hydrogen-bond acceptors (Lipinski definition) is 3. The summed E-state index contributed by atoms with van der Waals surface area (Å²) in [7, 11) is 3.08. The summed E-state index contributed by atoms with van der Waals surface area (Å²) >= 11 is 3.49. The van der Waals surface area contributed by atoms with Gasteiger partial charge in [0.15, 0.2) is 11.5 Å². The minimum absolute atomic E-state index is 0.0520. The number of fused-ring (bicyclic) bond motifs is 1. The minimum Gasteiger partial charge on any atom is -0.493 e. The van der Waals surface area contributed by atoms with Crippen LogP contribution < -0.4 is 9.47 Å². The number of aromatic nitrogens is 2. The molecule has 166 valence electrons. The molecular weight excluding hydrogens is 485 g/mol. The van der Waals surface area contributed by atoms with E-state index in [4.69, 9.17) is 14.5 Å². The molecule has 8 heteroatoms. The third kappa shape index (κ3) is 4.07. The number of pyridine rings is 1. The summed E-state index contributed by atoms with van der Waals surface area (Å²) in [6.07, 6.45) is -2.57. The maximum absolute atomic E-state index is 13.7. The van der Waals surface area contributed by atoms with Crippen LogP contribution in [0.2, 0.25) is 0 Å². The maximum atomic E-state index is 13.7. The van der Waals surface area contributed by atoms with Crippen molar-refractivity contribution in [2.24, 2.45) is 0 Å². The molecule has 0 unspecified atom stereocenters. The van der Waals surface area contributed by atoms with Crippen molar-refractivity contribution in [3.63, 3.8) is 0 Å². The van der Waals surface area contributed by atoms with E-state index in [1.165, 1.54) is 19.2 Å². The monoisotopic (exact) mass is 504 g/mol. The number of alkyl halides is 3. The van der Waals surface area contributed by atoms with Gasteiger partial charge in [-0.3, -0.25) is 0 Å². The Bertz CT molecular complexity index is 1300. The summed E-state index contributed by atoms with van der Waals surface area (Å²) in [5.74, 6) is 1.07. The number of rotatable bonds is 5. The van der Waals surface area contributed by atoms with Gasteiger partial charge in [-0.1, -0.05) is 18.2 Å². The molecule has 4 aromatic rings. The predicted molar refractivity (Wildman–Crippen MR) is 120 cm³/mol. The third-order valence-electron chi connectivity index (χ3n) is 5.31. The molecule has 32 heavy (non-hydrogen) atoms. The summed E-state index contributed by atoms with van der Waals surface area (Å²) in [5, 5.41) is 0. The van der Waals surface area contributed by atoms with Gasteiger partial charge in [0.2, 0.25) is 0 Å². The van der Waals surface area contributed by atoms with Crippen LogP contribution in [0.1, 0.15) is 22.4 Å². The number of aryl methyl sites for hydroxylation is 1. The van der Waals surface area contributed by atoms with Gasteiger partial charge in [0, 0.05) is 22.7 Å². The highest BCUT2D eigenvalue weighted by molar-refractivity contribution is 9.10. The molecule has 4 nitrogen and oxygen atoms in total. The Labute approximate surface area is 191 Å². The van der Waals surface area contributed by atoms with Gasteiger partial charge in [0.05, 0.1) is 31.2 Å². The average Bonchev–Trinajstić information content (AvgIpc) is 3.11. The fourth-order valence-electron chi connectivity index (χ4n) is 3.83. The van der Waals surface area contributed by atoms with Gasteiger partial charge in [-0.05, 0) is 64.3 Å². The predicted octanol–water partition coefficient (Wildman–Crippen LogP) is 6.70. The molecule has 0 saturated heterocycles. The smallest absolute Gasteiger partial charge is 0.416 e. The number of benzene rings is 2. The number of imidazole rings is 1. The van der Waals surface area contributed by atoms with Crippen LogP contribution in [0, 0.1) is 6.92 Å². The molecule has 0 radical (unpaired) electrons. The lowest BCUT2D eigenvalue weighted by atomic mass is 9.99. The lowest BCUT2D eigenvalue weighted by Gasteiger charge is -2.14. The Morgan fingerprint density at radius 2 is 1.72 bits per heavy atom. The van der Waals surface area contributed by atoms with Gasteiger partial charge in [-0.25, -0.2) is 4.98 Å². The molecule has 2 aromatic carbocycles. The summed E-state index contributed by atoms with van der Waals surface area (Å²) in [5.41, 5.74) is 3.06. The quantitative estimate of drug-likeness (QED) is 0.303. The topological polar surface area (TPSA) is 35.8 Å². The first kappa shape index (κ1) is 22.2. The molecule has 0 amide bonds. The highest BCUT2D eigenvalue weighted by atomic mass is 79.9. The number of nitrogens with zero attached hydrogens (tertiary/aromatic N) is 2. The van der Waals surface area contributed by atoms with Crippen LogP contribution in [0.3, 0.4) is 0 Å². The van der Waals surface area contributed by atoms with E-state index >= 15 is 0 Å². The molecule has 2 aromatic heterocycles. The van der Waals surface area contributed by atoms with E-state index in [1.54, 1.807) is 25.3 Å². The van der Waals surface area contributed by atoms with E-state index in [9.17, 15) is 13.2 Å². The van der Waals surface area contributed by atoms with Crippen molar-refractivity contribution in [1.82, 2.24) is 9.38 Å². The van der Waals surface area contributed by atoms with Crippen LogP contribution in [-0.4, -0.2) is 23.6 Å². The van der Waals surface area contributed by atoms with Crippen LogP contribution in [0.25, 0.3) is 16.9 Å². The van der Waals surface area contributed by atoms with E-state index in [-0.39, 0.29) is 12.0 Å². The van der Waals surface area contributed by atoms with Crippen LogP contribution >= 0.6 is 15.9 Å². The van der Waals surface area contributed by atoms with Crippen molar-refractivity contribution in [2.75, 3.05) is 14.2 Å². The summed E-state index contributed by atoms with van der Waals surface area (Å²) in [4.78, 5) is 4.81. The Kier molecular flexibility index (Phi) is 5.90. The molecule has 0 bridgehead atoms. The summed E-state index contributed by atoms with van der Waals surface area (Å²) in [6, 6.07) is 12.9. The Morgan fingerprint density at radius 3 is 2.41 bits per heavy atom. The van der Waals surface area contributed by atoms with E-state index in [2.05, 4.69) is 15.9 Å². The van der Waals surface area contributed by atoms with Crippen LogP contribution in [0.4, 0.5) is 13.2 Å². The third-order valence-corrected chi connectivity index (χ3v) is 5.74. The molecule has 4 rings (SSSR count). The molecule has 0 atom stereocenters. The van der Waals surface area contributed by atoms with Crippen LogP contribution in [0.5, 0.6) is 11.5 Å². The molecule has 0 N–H and O–H groups in total. The zero-order valence-electron chi connectivity index (χ0n) is 17.6. The van der Waals surface area contributed by atoms with E-state index < -0.39 is 11.7 Å². The number of ether oxygens (including phenoxy) is 2. The first-order valence-corrected chi connectivity index (χ1v) is 10.6. The zero-order chi connectivity index (χ0) is 23.0. The molecule has 0 aliphatic carbocycles. The van der Waals surface area contributed by atoms with Gasteiger partial charge in [-0.2, -0.15) is 13.2 Å². The minimum atomic E-state index is -4.45. The van der Waals surface area contributed by atoms with Crippen molar-refractivity contribution in [3.8, 4) is 22.8 Å². The second-order valence-corrected chi connectivity index (χ2v) is 8.26. The van der Waals surface area contributed by atoms with Crippen molar-refractivity contribution in [1.29, 1.82) is 0 Å². The summed E-state index contributed by atoms with van der Waals surface area (Å²) < 4.78 is 54.4. The van der Waals surface area contributed by atoms with Gasteiger partial charge >= 0.3 is 6.18 Å². The fraction of sp³-hybridized carbons (Fsp3) is 0.208. The molecule has 0 spiro atoms. The molecule has 0 fully saturated rings. The lowest BCUT2D eigenvalue weighted by Crippen LogP contribution is -2.10. The van der Waals surface area contributed by atoms with Crippen molar-refractivity contribution < 1.29 is 22.6 Å². The molecule has 0 saturated carbocycles. The Morgan fingerprint density at radius 1 is 1.00 bits per heavy atom. The van der Waals surface area contributed by atoms with Crippen molar-refractivity contribution >= 4 is 21.6 Å². The molecule has 0 aliphatic heterocycles. The van der Waals surface area contributed by atoms with E-state index in [0.29, 0.717) is 28.5 Å². The van der Waals surface area contributed by atoms with Crippen molar-refractivity contribution in [3.05, 3.63) is 81.6 Å². The average molecular weight is 505 g/mol. The first-order valence-electron chi connectivity index (χ1n) is 9.77. The number of hydrogen-bond donors (Lipinski definition) is 0. The number of halogens is 4. The SMILES string of the molecule is COc1ccc(-c2nc3c(C)cc(Br)cn3c2Cc2ccccc2C(F)(F)F)cc1OC. The number of methoxy groups -OCH3 is 2. The second-order valence-electron chi connectivity index (χ2n) is 7.34. The Balaban J connectivity index is 1.96. The molecule has 2 heterocycles. The standard InChI is InChI=1S/C24H20BrF3N2O2/c1-14-10-17(25)13-30-19(11-15-6-4-5-7-18(15)24(26,27)28)22(29-23(14)30)16-8-9-20(31-2)21(12-16)32-3/h4-10,12-13H,11H2,1-3H3. The molecule has 0 aliphatic rings. The van der Waals surface area contributed by atoms with Crippen LogP contribution in [-0.2, 0) is 12.6 Å². The van der Waals surface area contributed by atoms with Crippen LogP contribution in [0.15, 0.2) is 59.2 Å². The Hall–Kier alpha value is -3.00. The van der Waals surface area contributed by atoms with Gasteiger partial charge < -0.3 is 13.9 Å². The fourth-order valence-corrected chi connectivity index (χ4v) is 4.38.